The van der Waals surface area contributed by atoms with E-state index in [1.165, 1.54) is 0 Å². The van der Waals surface area contributed by atoms with Gasteiger partial charge in [-0.25, -0.2) is 0 Å². The number of carbonyl (C=O) groups excluding carboxylic acids is 2. The van der Waals surface area contributed by atoms with Gasteiger partial charge in [0.05, 0.1) is 6.04 Å². The molecule has 1 aromatic rings. The van der Waals surface area contributed by atoms with Crippen molar-refractivity contribution >= 4 is 29.9 Å². The second-order valence-electron chi connectivity index (χ2n) is 6.48. The van der Waals surface area contributed by atoms with E-state index in [0.717, 1.165) is 17.7 Å². The normalized spacial score (nSPS) is 12.9. The monoisotopic (exact) mass is 355 g/mol. The Balaban J connectivity index is 0.00000529. The van der Waals surface area contributed by atoms with Crippen LogP contribution >= 0.6 is 12.4 Å². The zero-order valence-corrected chi connectivity index (χ0v) is 15.8. The Bertz CT molecular complexity index is 535. The van der Waals surface area contributed by atoms with E-state index in [0.29, 0.717) is 18.9 Å². The number of hydrogen-bond acceptors (Lipinski definition) is 3. The molecule has 0 heterocycles. The molecule has 0 aromatic heterocycles. The molecule has 2 atom stereocenters. The zero-order valence-electron chi connectivity index (χ0n) is 15.0. The molecule has 0 fully saturated rings. The molecule has 136 valence electrons. The molecular weight excluding hydrogens is 326 g/mol. The summed E-state index contributed by atoms with van der Waals surface area (Å²) in [5.41, 5.74) is 7.58. The summed E-state index contributed by atoms with van der Waals surface area (Å²) >= 11 is 0. The van der Waals surface area contributed by atoms with Gasteiger partial charge in [0.2, 0.25) is 11.8 Å². The molecule has 5 nitrogen and oxygen atoms in total. The van der Waals surface area contributed by atoms with E-state index in [4.69, 9.17) is 5.73 Å². The van der Waals surface area contributed by atoms with Crippen LogP contribution in [0.4, 0.5) is 5.69 Å². The molecule has 0 saturated heterocycles. The fourth-order valence-electron chi connectivity index (χ4n) is 2.16. The van der Waals surface area contributed by atoms with Crippen LogP contribution in [0, 0.1) is 11.8 Å². The third-order valence-corrected chi connectivity index (χ3v) is 3.83. The van der Waals surface area contributed by atoms with E-state index in [-0.39, 0.29) is 30.1 Å². The molecule has 0 aliphatic rings. The van der Waals surface area contributed by atoms with Gasteiger partial charge in [-0.1, -0.05) is 46.2 Å². The number of amides is 2. The second kappa shape index (κ2) is 11.0. The van der Waals surface area contributed by atoms with Crippen molar-refractivity contribution < 1.29 is 9.59 Å². The highest BCUT2D eigenvalue weighted by atomic mass is 35.5. The van der Waals surface area contributed by atoms with Crippen molar-refractivity contribution in [2.24, 2.45) is 17.6 Å². The van der Waals surface area contributed by atoms with Crippen molar-refractivity contribution in [1.29, 1.82) is 0 Å². The van der Waals surface area contributed by atoms with E-state index in [2.05, 4.69) is 10.6 Å². The van der Waals surface area contributed by atoms with Crippen LogP contribution in [-0.4, -0.2) is 17.9 Å². The quantitative estimate of drug-likeness (QED) is 0.670. The van der Waals surface area contributed by atoms with Gasteiger partial charge in [0.25, 0.3) is 0 Å². The van der Waals surface area contributed by atoms with Crippen molar-refractivity contribution in [2.75, 3.05) is 5.32 Å². The molecule has 24 heavy (non-hydrogen) atoms. The van der Waals surface area contributed by atoms with E-state index in [1.807, 2.05) is 52.0 Å². The Labute approximate surface area is 151 Å². The van der Waals surface area contributed by atoms with Crippen LogP contribution in [0.2, 0.25) is 0 Å². The predicted molar refractivity (Wildman–Crippen MR) is 101 cm³/mol. The Morgan fingerprint density at radius 3 is 2.46 bits per heavy atom. The van der Waals surface area contributed by atoms with Crippen molar-refractivity contribution in [1.82, 2.24) is 5.32 Å². The summed E-state index contributed by atoms with van der Waals surface area (Å²) in [4.78, 5) is 23.8. The van der Waals surface area contributed by atoms with E-state index >= 15 is 0 Å². The summed E-state index contributed by atoms with van der Waals surface area (Å²) in [6, 6.07) is 6.99. The summed E-state index contributed by atoms with van der Waals surface area (Å²) in [7, 11) is 0. The van der Waals surface area contributed by atoms with Crippen LogP contribution in [0.5, 0.6) is 0 Å². The molecule has 2 amide bonds. The largest absolute Gasteiger partial charge is 0.351 e. The van der Waals surface area contributed by atoms with Crippen LogP contribution < -0.4 is 16.4 Å². The number of hydrogen-bond donors (Lipinski definition) is 3. The van der Waals surface area contributed by atoms with Gasteiger partial charge in [-0.2, -0.15) is 0 Å². The SMILES string of the molecule is CCC(C)C(N)C(=O)NCc1cccc(NC(=O)CC(C)C)c1.Cl. The molecule has 0 radical (unpaired) electrons. The Kier molecular flexibility index (Phi) is 10.3. The molecule has 1 rings (SSSR count). The molecule has 0 spiro atoms. The van der Waals surface area contributed by atoms with Gasteiger partial charge >= 0.3 is 0 Å². The van der Waals surface area contributed by atoms with Gasteiger partial charge in [-0.3, -0.25) is 9.59 Å². The summed E-state index contributed by atoms with van der Waals surface area (Å²) in [6.07, 6.45) is 1.36. The Hall–Kier alpha value is -1.59. The number of nitrogens with one attached hydrogen (secondary N) is 2. The van der Waals surface area contributed by atoms with Crippen LogP contribution in [0.15, 0.2) is 24.3 Å². The van der Waals surface area contributed by atoms with Crippen molar-refractivity contribution in [3.8, 4) is 0 Å². The summed E-state index contributed by atoms with van der Waals surface area (Å²) < 4.78 is 0. The summed E-state index contributed by atoms with van der Waals surface area (Å²) in [5.74, 6) is 0.324. The third kappa shape index (κ3) is 7.79. The van der Waals surface area contributed by atoms with Crippen LogP contribution in [0.1, 0.15) is 46.1 Å². The average molecular weight is 356 g/mol. The fraction of sp³-hybridized carbons (Fsp3) is 0.556. The minimum atomic E-state index is -0.492. The topological polar surface area (TPSA) is 84.2 Å². The van der Waals surface area contributed by atoms with E-state index < -0.39 is 6.04 Å². The lowest BCUT2D eigenvalue weighted by Crippen LogP contribution is -2.44. The second-order valence-corrected chi connectivity index (χ2v) is 6.48. The van der Waals surface area contributed by atoms with Crippen molar-refractivity contribution in [3.05, 3.63) is 29.8 Å². The molecule has 4 N–H and O–H groups in total. The van der Waals surface area contributed by atoms with Gasteiger partial charge in [-0.05, 0) is 29.5 Å². The predicted octanol–water partition coefficient (Wildman–Crippen LogP) is 3.08. The Morgan fingerprint density at radius 1 is 1.21 bits per heavy atom. The standard InChI is InChI=1S/C18H29N3O2.ClH/c1-5-13(4)17(19)18(23)20-11-14-7-6-8-15(10-14)21-16(22)9-12(2)3;/h6-8,10,12-13,17H,5,9,11,19H2,1-4H3,(H,20,23)(H,21,22);1H. The average Bonchev–Trinajstić information content (AvgIpc) is 2.50. The number of carbonyl (C=O) groups is 2. The van der Waals surface area contributed by atoms with Gasteiger partial charge in [0.1, 0.15) is 0 Å². The number of benzene rings is 1. The molecule has 1 aromatic carbocycles. The van der Waals surface area contributed by atoms with Crippen LogP contribution in [-0.2, 0) is 16.1 Å². The molecule has 0 aliphatic carbocycles. The fourth-order valence-corrected chi connectivity index (χ4v) is 2.16. The zero-order chi connectivity index (χ0) is 17.4. The minimum Gasteiger partial charge on any atom is -0.351 e. The third-order valence-electron chi connectivity index (χ3n) is 3.83. The number of nitrogens with two attached hydrogens (primary N) is 1. The van der Waals surface area contributed by atoms with Gasteiger partial charge in [-0.15, -0.1) is 12.4 Å². The highest BCUT2D eigenvalue weighted by Crippen LogP contribution is 2.12. The maximum Gasteiger partial charge on any atom is 0.237 e. The number of halogens is 1. The maximum atomic E-state index is 12.0. The first-order valence-corrected chi connectivity index (χ1v) is 8.25. The number of rotatable bonds is 8. The summed E-state index contributed by atoms with van der Waals surface area (Å²) in [5, 5.41) is 5.73. The molecule has 0 saturated carbocycles. The van der Waals surface area contributed by atoms with Gasteiger partial charge in [0.15, 0.2) is 0 Å². The molecule has 2 unspecified atom stereocenters. The maximum absolute atomic E-state index is 12.0. The van der Waals surface area contributed by atoms with Crippen LogP contribution in [0.25, 0.3) is 0 Å². The lowest BCUT2D eigenvalue weighted by atomic mass is 9.99. The van der Waals surface area contributed by atoms with Gasteiger partial charge < -0.3 is 16.4 Å². The van der Waals surface area contributed by atoms with Crippen molar-refractivity contribution in [2.45, 2.75) is 53.1 Å². The molecule has 0 bridgehead atoms. The lowest BCUT2D eigenvalue weighted by Gasteiger charge is -2.18. The highest BCUT2D eigenvalue weighted by molar-refractivity contribution is 5.90. The van der Waals surface area contributed by atoms with E-state index in [9.17, 15) is 9.59 Å². The first-order chi connectivity index (χ1) is 10.8. The van der Waals surface area contributed by atoms with Crippen molar-refractivity contribution in [3.63, 3.8) is 0 Å². The molecule has 0 aliphatic heterocycles. The molecular formula is C18H30ClN3O2. The minimum absolute atomic E-state index is 0. The molecule has 6 heteroatoms. The first-order valence-electron chi connectivity index (χ1n) is 8.25. The Morgan fingerprint density at radius 2 is 1.88 bits per heavy atom. The van der Waals surface area contributed by atoms with Gasteiger partial charge in [0, 0.05) is 18.7 Å². The first kappa shape index (κ1) is 22.4. The summed E-state index contributed by atoms with van der Waals surface area (Å²) in [6.45, 7) is 8.39. The number of anilines is 1. The van der Waals surface area contributed by atoms with E-state index in [1.54, 1.807) is 0 Å². The smallest absolute Gasteiger partial charge is 0.237 e. The highest BCUT2D eigenvalue weighted by Gasteiger charge is 2.18. The van der Waals surface area contributed by atoms with Crippen LogP contribution in [0.3, 0.4) is 0 Å². The lowest BCUT2D eigenvalue weighted by molar-refractivity contribution is -0.123.